The molecule has 0 heterocycles. The van der Waals surface area contributed by atoms with Crippen LogP contribution in [-0.4, -0.2) is 30.5 Å². The predicted molar refractivity (Wildman–Crippen MR) is 57.5 cm³/mol. The number of carbonyl (C=O) groups excluding carboxylic acids is 1. The largest absolute Gasteiger partial charge is 0.444 e. The summed E-state index contributed by atoms with van der Waals surface area (Å²) in [6, 6.07) is -1.92. The van der Waals surface area contributed by atoms with Crippen LogP contribution in [0.2, 0.25) is 0 Å². The summed E-state index contributed by atoms with van der Waals surface area (Å²) in [7, 11) is 0. The van der Waals surface area contributed by atoms with E-state index in [0.29, 0.717) is 0 Å². The van der Waals surface area contributed by atoms with Gasteiger partial charge in [-0.15, -0.1) is 0 Å². The molecule has 0 saturated carbocycles. The highest BCUT2D eigenvalue weighted by atomic mass is 19.4. The Bertz CT molecular complexity index is 249. The maximum absolute atomic E-state index is 12.5. The van der Waals surface area contributed by atoms with Gasteiger partial charge in [-0.3, -0.25) is 0 Å². The van der Waals surface area contributed by atoms with Crippen LogP contribution in [0.5, 0.6) is 0 Å². The van der Waals surface area contributed by atoms with E-state index in [1.165, 1.54) is 0 Å². The third-order valence-corrected chi connectivity index (χ3v) is 1.78. The highest BCUT2D eigenvalue weighted by Crippen LogP contribution is 2.23. The second kappa shape index (κ2) is 6.09. The van der Waals surface area contributed by atoms with Crippen LogP contribution >= 0.6 is 0 Å². The predicted octanol–water partition coefficient (Wildman–Crippen LogP) is 2.18. The van der Waals surface area contributed by atoms with Gasteiger partial charge in [-0.25, -0.2) is 4.79 Å². The minimum absolute atomic E-state index is 0.141. The number of halogens is 3. The molecule has 0 spiro atoms. The zero-order chi connectivity index (χ0) is 13.7. The lowest BCUT2D eigenvalue weighted by Crippen LogP contribution is -2.47. The molecule has 0 fully saturated rings. The molecule has 17 heavy (non-hydrogen) atoms. The maximum atomic E-state index is 12.5. The van der Waals surface area contributed by atoms with E-state index < -0.39 is 23.9 Å². The van der Waals surface area contributed by atoms with Gasteiger partial charge in [0.15, 0.2) is 0 Å². The van der Waals surface area contributed by atoms with E-state index in [4.69, 9.17) is 10.5 Å². The summed E-state index contributed by atoms with van der Waals surface area (Å²) in [6.07, 6.45) is -5.64. The monoisotopic (exact) mass is 256 g/mol. The second-order valence-corrected chi connectivity index (χ2v) is 4.67. The van der Waals surface area contributed by atoms with Gasteiger partial charge in [0.1, 0.15) is 11.6 Å². The molecule has 0 aromatic rings. The van der Waals surface area contributed by atoms with Crippen molar-refractivity contribution in [1.29, 1.82) is 0 Å². The molecule has 0 aromatic carbocycles. The van der Waals surface area contributed by atoms with Gasteiger partial charge in [0.25, 0.3) is 0 Å². The molecule has 0 aliphatic carbocycles. The summed E-state index contributed by atoms with van der Waals surface area (Å²) >= 11 is 0. The minimum Gasteiger partial charge on any atom is -0.444 e. The van der Waals surface area contributed by atoms with Gasteiger partial charge in [-0.05, 0) is 40.2 Å². The standard InChI is InChI=1S/C10H19F3N2O2/c1-9(2,3)17-8(16)15-7(5-4-6-14)10(11,12)13/h7H,4-6,14H2,1-3H3,(H,15,16)/t7-/m0/s1. The van der Waals surface area contributed by atoms with Gasteiger partial charge in [0, 0.05) is 0 Å². The van der Waals surface area contributed by atoms with Crippen molar-refractivity contribution in [2.75, 3.05) is 6.54 Å². The topological polar surface area (TPSA) is 64.3 Å². The van der Waals surface area contributed by atoms with Crippen LogP contribution in [0.15, 0.2) is 0 Å². The van der Waals surface area contributed by atoms with Crippen LogP contribution in [0.4, 0.5) is 18.0 Å². The van der Waals surface area contributed by atoms with Crippen LogP contribution in [0, 0.1) is 0 Å². The Labute approximate surface area is 98.7 Å². The van der Waals surface area contributed by atoms with Crippen LogP contribution in [-0.2, 0) is 4.74 Å². The Hall–Kier alpha value is -0.980. The fourth-order valence-electron chi connectivity index (χ4n) is 1.09. The Morgan fingerprint density at radius 2 is 1.88 bits per heavy atom. The summed E-state index contributed by atoms with van der Waals surface area (Å²) < 4.78 is 42.3. The lowest BCUT2D eigenvalue weighted by Gasteiger charge is -2.25. The average Bonchev–Trinajstić information content (AvgIpc) is 2.07. The molecular formula is C10H19F3N2O2. The number of ether oxygens (including phenoxy) is 1. The first-order valence-corrected chi connectivity index (χ1v) is 5.32. The van der Waals surface area contributed by atoms with Crippen LogP contribution in [0.1, 0.15) is 33.6 Å². The fraction of sp³-hybridized carbons (Fsp3) is 0.900. The van der Waals surface area contributed by atoms with E-state index in [1.807, 2.05) is 0 Å². The van der Waals surface area contributed by atoms with Crippen molar-refractivity contribution in [3.8, 4) is 0 Å². The van der Waals surface area contributed by atoms with E-state index in [0.717, 1.165) is 0 Å². The molecule has 0 aromatic heterocycles. The highest BCUT2D eigenvalue weighted by Gasteiger charge is 2.40. The Morgan fingerprint density at radius 3 is 2.24 bits per heavy atom. The molecule has 102 valence electrons. The van der Waals surface area contributed by atoms with Crippen molar-refractivity contribution >= 4 is 6.09 Å². The Kier molecular flexibility index (Phi) is 5.74. The highest BCUT2D eigenvalue weighted by molar-refractivity contribution is 5.68. The number of hydrogen-bond donors (Lipinski definition) is 2. The molecule has 0 radical (unpaired) electrons. The van der Waals surface area contributed by atoms with Gasteiger partial charge < -0.3 is 15.8 Å². The van der Waals surface area contributed by atoms with Gasteiger partial charge in [0.2, 0.25) is 0 Å². The normalized spacial score (nSPS) is 14.3. The van der Waals surface area contributed by atoms with Gasteiger partial charge in [-0.1, -0.05) is 0 Å². The summed E-state index contributed by atoms with van der Waals surface area (Å²) in [4.78, 5) is 11.2. The number of alkyl carbamates (subject to hydrolysis) is 1. The molecule has 0 rings (SSSR count). The quantitative estimate of drug-likeness (QED) is 0.810. The van der Waals surface area contributed by atoms with E-state index in [1.54, 1.807) is 26.1 Å². The molecule has 0 saturated heterocycles. The van der Waals surface area contributed by atoms with E-state index in [-0.39, 0.29) is 19.4 Å². The molecule has 1 atom stereocenters. The molecule has 3 N–H and O–H groups in total. The Morgan fingerprint density at radius 1 is 1.35 bits per heavy atom. The summed E-state index contributed by atoms with van der Waals surface area (Å²) in [6.45, 7) is 4.88. The molecule has 0 aliphatic heterocycles. The fourth-order valence-corrected chi connectivity index (χ4v) is 1.09. The molecule has 0 bridgehead atoms. The van der Waals surface area contributed by atoms with Gasteiger partial charge in [0.05, 0.1) is 0 Å². The average molecular weight is 256 g/mol. The van der Waals surface area contributed by atoms with Gasteiger partial charge >= 0.3 is 12.3 Å². The smallest absolute Gasteiger partial charge is 0.408 e. The zero-order valence-corrected chi connectivity index (χ0v) is 10.2. The first-order valence-electron chi connectivity index (χ1n) is 5.32. The van der Waals surface area contributed by atoms with E-state index in [2.05, 4.69) is 0 Å². The zero-order valence-electron chi connectivity index (χ0n) is 10.2. The molecular weight excluding hydrogens is 237 g/mol. The van der Waals surface area contributed by atoms with Crippen molar-refractivity contribution in [3.63, 3.8) is 0 Å². The number of alkyl halides is 3. The van der Waals surface area contributed by atoms with Crippen LogP contribution in [0.25, 0.3) is 0 Å². The van der Waals surface area contributed by atoms with Crippen LogP contribution < -0.4 is 11.1 Å². The molecule has 1 amide bonds. The number of carbonyl (C=O) groups is 1. The first-order chi connectivity index (χ1) is 7.56. The lowest BCUT2D eigenvalue weighted by molar-refractivity contribution is -0.156. The molecule has 7 heteroatoms. The first kappa shape index (κ1) is 16.0. The maximum Gasteiger partial charge on any atom is 0.408 e. The van der Waals surface area contributed by atoms with Crippen molar-refractivity contribution in [2.24, 2.45) is 5.73 Å². The molecule has 0 aliphatic rings. The van der Waals surface area contributed by atoms with Gasteiger partial charge in [-0.2, -0.15) is 13.2 Å². The van der Waals surface area contributed by atoms with Crippen LogP contribution in [0.3, 0.4) is 0 Å². The summed E-state index contributed by atoms with van der Waals surface area (Å²) in [5.41, 5.74) is 4.32. The summed E-state index contributed by atoms with van der Waals surface area (Å²) in [5.74, 6) is 0. The SMILES string of the molecule is CC(C)(C)OC(=O)N[C@@H](CCCN)C(F)(F)F. The number of nitrogens with two attached hydrogens (primary N) is 1. The Balaban J connectivity index is 4.39. The summed E-state index contributed by atoms with van der Waals surface area (Å²) in [5, 5.41) is 1.81. The number of nitrogens with one attached hydrogen (secondary N) is 1. The number of amides is 1. The van der Waals surface area contributed by atoms with E-state index in [9.17, 15) is 18.0 Å². The number of hydrogen-bond acceptors (Lipinski definition) is 3. The molecule has 4 nitrogen and oxygen atoms in total. The van der Waals surface area contributed by atoms with E-state index >= 15 is 0 Å². The number of rotatable bonds is 4. The third-order valence-electron chi connectivity index (χ3n) is 1.78. The lowest BCUT2D eigenvalue weighted by atomic mass is 10.1. The van der Waals surface area contributed by atoms with Crippen molar-refractivity contribution in [1.82, 2.24) is 5.32 Å². The van der Waals surface area contributed by atoms with Crippen molar-refractivity contribution in [2.45, 2.75) is 51.4 Å². The minimum atomic E-state index is -4.49. The third kappa shape index (κ3) is 7.84. The van der Waals surface area contributed by atoms with Crippen molar-refractivity contribution < 1.29 is 22.7 Å². The van der Waals surface area contributed by atoms with Crippen molar-refractivity contribution in [3.05, 3.63) is 0 Å². The second-order valence-electron chi connectivity index (χ2n) is 4.67. The molecule has 0 unspecified atom stereocenters.